The molecule has 14 nitrogen and oxygen atoms in total. The lowest BCUT2D eigenvalue weighted by Gasteiger charge is -2.49. The van der Waals surface area contributed by atoms with Crippen LogP contribution in [0.2, 0.25) is 5.02 Å². The van der Waals surface area contributed by atoms with E-state index in [9.17, 15) is 29.4 Å². The lowest BCUT2D eigenvalue weighted by atomic mass is 10.0. The normalized spacial score (nSPS) is 18.7. The van der Waals surface area contributed by atoms with E-state index in [1.54, 1.807) is 12.1 Å². The van der Waals surface area contributed by atoms with Crippen LogP contribution in [0.25, 0.3) is 10.9 Å². The second-order valence-corrected chi connectivity index (χ2v) is 12.2. The Kier molecular flexibility index (Phi) is 8.18. The van der Waals surface area contributed by atoms with Gasteiger partial charge in [-0.15, -0.1) is 23.1 Å². The summed E-state index contributed by atoms with van der Waals surface area (Å²) in [5.74, 6) is -4.04. The smallest absolute Gasteiger partial charge is 0.355 e. The number of nitrogens with two attached hydrogens (primary N) is 1. The highest BCUT2D eigenvalue weighted by molar-refractivity contribution is 8.00. The number of amides is 2. The van der Waals surface area contributed by atoms with Gasteiger partial charge in [-0.3, -0.25) is 14.5 Å². The summed E-state index contributed by atoms with van der Waals surface area (Å²) in [6.07, 6.45) is 1.40. The van der Waals surface area contributed by atoms with Gasteiger partial charge in [0.15, 0.2) is 29.3 Å². The summed E-state index contributed by atoms with van der Waals surface area (Å²) in [7, 11) is 0. The number of thioether (sulfide) groups is 1. The molecule has 2 amide bonds. The van der Waals surface area contributed by atoms with E-state index in [4.69, 9.17) is 26.6 Å². The molecule has 17 heteroatoms. The van der Waals surface area contributed by atoms with Crippen LogP contribution in [0.1, 0.15) is 17.6 Å². The van der Waals surface area contributed by atoms with Crippen LogP contribution in [0, 0.1) is 0 Å². The molecule has 1 saturated heterocycles. The molecular weight excluding hydrogens is 648 g/mol. The number of anilines is 1. The van der Waals surface area contributed by atoms with Crippen molar-refractivity contribution in [3.63, 3.8) is 0 Å². The van der Waals surface area contributed by atoms with Gasteiger partial charge in [0.05, 0.1) is 6.26 Å². The van der Waals surface area contributed by atoms with Crippen molar-refractivity contribution in [2.45, 2.75) is 24.1 Å². The van der Waals surface area contributed by atoms with Gasteiger partial charge < -0.3 is 30.5 Å². The van der Waals surface area contributed by atoms with Gasteiger partial charge >= 0.3 is 11.9 Å². The average molecular weight is 670 g/mol. The van der Waals surface area contributed by atoms with Crippen molar-refractivity contribution < 1.29 is 43.2 Å². The third kappa shape index (κ3) is 5.82. The van der Waals surface area contributed by atoms with Crippen LogP contribution < -0.4 is 15.6 Å². The minimum Gasteiger partial charge on any atom is -0.478 e. The molecule has 0 spiro atoms. The first-order valence-corrected chi connectivity index (χ1v) is 15.4. The van der Waals surface area contributed by atoms with Crippen LogP contribution >= 0.6 is 34.7 Å². The van der Waals surface area contributed by atoms with E-state index in [2.05, 4.69) is 15.5 Å². The number of carbonyl (C=O) groups is 4. The zero-order valence-electron chi connectivity index (χ0n) is 22.8. The monoisotopic (exact) mass is 669 g/mol. The number of oxime groups is 1. The number of thiazole rings is 1. The van der Waals surface area contributed by atoms with E-state index in [1.165, 1.54) is 35.5 Å². The Hall–Kier alpha value is -4.93. The number of hydrogen-bond acceptors (Lipinski definition) is 11. The number of aromatic nitrogens is 2. The number of fused-ring (bicyclic) bond motifs is 2. The first-order chi connectivity index (χ1) is 21.6. The number of rotatable bonds is 10. The molecule has 0 saturated carbocycles. The molecule has 45 heavy (non-hydrogen) atoms. The van der Waals surface area contributed by atoms with E-state index in [0.29, 0.717) is 10.6 Å². The quantitative estimate of drug-likeness (QED) is 0.0836. The van der Waals surface area contributed by atoms with E-state index in [0.717, 1.165) is 27.1 Å². The van der Waals surface area contributed by atoms with Crippen molar-refractivity contribution in [1.29, 1.82) is 0 Å². The number of pyridine rings is 1. The molecule has 1 fully saturated rings. The second kappa shape index (κ2) is 12.2. The molecule has 1 unspecified atom stereocenters. The van der Waals surface area contributed by atoms with Crippen LogP contribution in [-0.2, 0) is 30.6 Å². The van der Waals surface area contributed by atoms with Gasteiger partial charge in [0.25, 0.3) is 17.9 Å². The second-order valence-electron chi connectivity index (χ2n) is 9.81. The van der Waals surface area contributed by atoms with Crippen molar-refractivity contribution in [3.05, 3.63) is 88.1 Å². The Balaban J connectivity index is 1.24. The Morgan fingerprint density at radius 2 is 2.09 bits per heavy atom. The van der Waals surface area contributed by atoms with Gasteiger partial charge in [-0.25, -0.2) is 14.6 Å². The highest BCUT2D eigenvalue weighted by atomic mass is 35.5. The number of furan rings is 1. The molecule has 6 rings (SSSR count). The number of carboxylic acid groups (broad SMARTS) is 2. The number of carbonyl (C=O) groups excluding carboxylic acids is 2. The molecule has 2 aliphatic rings. The number of aliphatic carboxylic acids is 2. The minimum absolute atomic E-state index is 0.0136. The van der Waals surface area contributed by atoms with Crippen LogP contribution in [0.3, 0.4) is 0 Å². The summed E-state index contributed by atoms with van der Waals surface area (Å²) in [6, 6.07) is 10.8. The molecule has 5 heterocycles. The number of nitrogens with zero attached hydrogens (tertiary/aromatic N) is 4. The maximum atomic E-state index is 13.4. The lowest BCUT2D eigenvalue weighted by Crippen LogP contribution is -2.71. The van der Waals surface area contributed by atoms with Crippen molar-refractivity contribution in [2.24, 2.45) is 5.16 Å². The zero-order valence-corrected chi connectivity index (χ0v) is 25.2. The van der Waals surface area contributed by atoms with E-state index < -0.39 is 47.0 Å². The topological polar surface area (TPSA) is 202 Å². The molecule has 0 bridgehead atoms. The average Bonchev–Trinajstić information content (AvgIpc) is 3.69. The highest BCUT2D eigenvalue weighted by Crippen LogP contribution is 2.40. The largest absolute Gasteiger partial charge is 0.478 e. The molecule has 0 radical (unpaired) electrons. The van der Waals surface area contributed by atoms with Crippen molar-refractivity contribution in [1.82, 2.24) is 15.2 Å². The summed E-state index contributed by atoms with van der Waals surface area (Å²) in [6.45, 7) is 0.209. The molecular formula is C28H22ClN6O8S2+. The SMILES string of the molecule is Nc1nc(/C(=N/OC(C(=O)O)c2ccco2)C(=O)N[C@@H]2C(=O)N3C(C(=O)O)=C(C[n+]4cccc5cc(Cl)ccc54)CS[C@@H]23)cs1. The molecule has 230 valence electrons. The Morgan fingerprint density at radius 3 is 2.78 bits per heavy atom. The van der Waals surface area contributed by atoms with Gasteiger partial charge in [0.1, 0.15) is 22.8 Å². The van der Waals surface area contributed by atoms with Crippen LogP contribution in [0.15, 0.2) is 81.1 Å². The Morgan fingerprint density at radius 1 is 1.27 bits per heavy atom. The predicted octanol–water partition coefficient (Wildman–Crippen LogP) is 2.40. The van der Waals surface area contributed by atoms with Gasteiger partial charge in [-0.1, -0.05) is 16.8 Å². The highest BCUT2D eigenvalue weighted by Gasteiger charge is 2.55. The van der Waals surface area contributed by atoms with E-state index in [1.807, 2.05) is 29.0 Å². The fraction of sp³-hybridized carbons (Fsp3) is 0.179. The van der Waals surface area contributed by atoms with Crippen molar-refractivity contribution in [2.75, 3.05) is 11.5 Å². The van der Waals surface area contributed by atoms with Gasteiger partial charge in [0, 0.05) is 39.2 Å². The fourth-order valence-corrected chi connectivity index (χ4v) is 7.04. The Labute approximate surface area is 266 Å². The molecule has 1 aromatic carbocycles. The van der Waals surface area contributed by atoms with E-state index >= 15 is 0 Å². The summed E-state index contributed by atoms with van der Waals surface area (Å²) < 4.78 is 6.98. The summed E-state index contributed by atoms with van der Waals surface area (Å²) in [5, 5.41) is 28.3. The lowest BCUT2D eigenvalue weighted by molar-refractivity contribution is -0.663. The molecule has 0 aliphatic carbocycles. The number of nitrogens with one attached hydrogen (secondary N) is 1. The number of nitrogen functional groups attached to an aromatic ring is 1. The first-order valence-electron chi connectivity index (χ1n) is 13.1. The van der Waals surface area contributed by atoms with E-state index in [-0.39, 0.29) is 34.6 Å². The van der Waals surface area contributed by atoms with Gasteiger partial charge in [-0.2, -0.15) is 4.57 Å². The maximum absolute atomic E-state index is 13.4. The number of benzene rings is 1. The number of β-lactam (4-membered cyclic amide) rings is 1. The first kappa shape index (κ1) is 30.1. The van der Waals surface area contributed by atoms with Crippen molar-refractivity contribution in [3.8, 4) is 0 Å². The van der Waals surface area contributed by atoms with Gasteiger partial charge in [0.2, 0.25) is 5.52 Å². The van der Waals surface area contributed by atoms with Crippen LogP contribution in [-0.4, -0.2) is 66.7 Å². The predicted molar refractivity (Wildman–Crippen MR) is 162 cm³/mol. The summed E-state index contributed by atoms with van der Waals surface area (Å²) in [4.78, 5) is 61.4. The van der Waals surface area contributed by atoms with Crippen LogP contribution in [0.5, 0.6) is 0 Å². The molecule has 5 N–H and O–H groups in total. The fourth-order valence-electron chi connectivity index (χ4n) is 4.97. The maximum Gasteiger partial charge on any atom is 0.355 e. The van der Waals surface area contributed by atoms with Gasteiger partial charge in [-0.05, 0) is 30.3 Å². The third-order valence-electron chi connectivity index (χ3n) is 6.99. The summed E-state index contributed by atoms with van der Waals surface area (Å²) >= 11 is 8.44. The standard InChI is InChI=1S/C28H21ClN6O8S2/c29-15-5-6-17-13(9-15)3-1-7-34(17)10-14-11-44-25-20(24(37)35(25)21(14)26(38)39)32-23(36)19(16-12-45-28(30)31-16)33-43-22(27(40)41)18-4-2-8-42-18/h1-9,12,20,22,25H,10-11H2,(H4-,30,31,32,36,38,39,40,41)/p+1/b33-19-/t20-,22?,25+/m1/s1. The number of hydrogen-bond donors (Lipinski definition) is 4. The molecule has 2 aliphatic heterocycles. The third-order valence-corrected chi connectivity index (χ3v) is 9.24. The molecule has 4 aromatic rings. The number of carboxylic acids is 2. The number of halogens is 1. The molecule has 3 atom stereocenters. The zero-order chi connectivity index (χ0) is 31.8. The molecule has 3 aromatic heterocycles. The minimum atomic E-state index is -1.67. The van der Waals surface area contributed by atoms with Crippen LogP contribution in [0.4, 0.5) is 5.13 Å². The summed E-state index contributed by atoms with van der Waals surface area (Å²) in [5.41, 5.74) is 6.48. The Bertz CT molecular complexity index is 1910. The van der Waals surface area contributed by atoms with Crippen molar-refractivity contribution >= 4 is 80.2 Å².